The van der Waals surface area contributed by atoms with Crippen LogP contribution in [-0.4, -0.2) is 5.91 Å². The normalized spacial score (nSPS) is 14.1. The number of anilines is 1. The van der Waals surface area contributed by atoms with Gasteiger partial charge in [0.15, 0.2) is 0 Å². The Morgan fingerprint density at radius 2 is 1.80 bits per heavy atom. The van der Waals surface area contributed by atoms with Gasteiger partial charge in [0.25, 0.3) is 0 Å². The molecular formula is C17H16BrNO. The van der Waals surface area contributed by atoms with E-state index in [0.29, 0.717) is 0 Å². The van der Waals surface area contributed by atoms with Gasteiger partial charge in [-0.3, -0.25) is 4.79 Å². The number of carbonyl (C=O) groups is 1. The maximum Gasteiger partial charge on any atom is 0.228 e. The quantitative estimate of drug-likeness (QED) is 0.882. The van der Waals surface area contributed by atoms with Crippen molar-refractivity contribution in [2.24, 2.45) is 5.92 Å². The Morgan fingerprint density at radius 1 is 1.15 bits per heavy atom. The standard InChI is InChI=1S/C17H16BrNO/c1-11-6-7-15(18)10-16(11)19-17(20)14-8-12-4-2-3-5-13(12)9-14/h2-7,10,14H,8-9H2,1H3,(H,19,20). The Kier molecular flexibility index (Phi) is 3.62. The van der Waals surface area contributed by atoms with Gasteiger partial charge in [-0.1, -0.05) is 46.3 Å². The Morgan fingerprint density at radius 3 is 2.45 bits per heavy atom. The number of fused-ring (bicyclic) bond motifs is 1. The first-order valence-electron chi connectivity index (χ1n) is 6.77. The lowest BCUT2D eigenvalue weighted by Gasteiger charge is -2.12. The first-order valence-corrected chi connectivity index (χ1v) is 7.56. The summed E-state index contributed by atoms with van der Waals surface area (Å²) in [6, 6.07) is 14.3. The number of carbonyl (C=O) groups excluding carboxylic acids is 1. The SMILES string of the molecule is Cc1ccc(Br)cc1NC(=O)C1Cc2ccccc2C1. The summed E-state index contributed by atoms with van der Waals surface area (Å²) < 4.78 is 0.980. The van der Waals surface area contributed by atoms with Crippen molar-refractivity contribution in [1.29, 1.82) is 0 Å². The zero-order valence-electron chi connectivity index (χ0n) is 11.3. The van der Waals surface area contributed by atoms with Crippen molar-refractivity contribution in [2.45, 2.75) is 19.8 Å². The van der Waals surface area contributed by atoms with Gasteiger partial charge in [-0.05, 0) is 48.6 Å². The van der Waals surface area contributed by atoms with Crippen molar-refractivity contribution >= 4 is 27.5 Å². The molecule has 102 valence electrons. The second-order valence-corrected chi connectivity index (χ2v) is 6.24. The number of nitrogens with one attached hydrogen (secondary N) is 1. The first kappa shape index (κ1) is 13.4. The number of hydrogen-bond acceptors (Lipinski definition) is 1. The molecule has 0 aliphatic heterocycles. The van der Waals surface area contributed by atoms with E-state index in [1.165, 1.54) is 11.1 Å². The molecule has 3 rings (SSSR count). The topological polar surface area (TPSA) is 29.1 Å². The fourth-order valence-electron chi connectivity index (χ4n) is 2.71. The molecule has 0 heterocycles. The van der Waals surface area contributed by atoms with Crippen LogP contribution >= 0.6 is 15.9 Å². The van der Waals surface area contributed by atoms with E-state index >= 15 is 0 Å². The zero-order chi connectivity index (χ0) is 14.1. The molecule has 2 aromatic carbocycles. The van der Waals surface area contributed by atoms with Gasteiger partial charge >= 0.3 is 0 Å². The van der Waals surface area contributed by atoms with E-state index in [4.69, 9.17) is 0 Å². The van der Waals surface area contributed by atoms with Crippen molar-refractivity contribution in [3.8, 4) is 0 Å². The lowest BCUT2D eigenvalue weighted by Crippen LogP contribution is -2.23. The van der Waals surface area contributed by atoms with E-state index in [9.17, 15) is 4.79 Å². The lowest BCUT2D eigenvalue weighted by molar-refractivity contribution is -0.119. The van der Waals surface area contributed by atoms with Crippen LogP contribution in [0.5, 0.6) is 0 Å². The van der Waals surface area contributed by atoms with Crippen LogP contribution in [0.4, 0.5) is 5.69 Å². The van der Waals surface area contributed by atoms with Gasteiger partial charge in [0.1, 0.15) is 0 Å². The summed E-state index contributed by atoms with van der Waals surface area (Å²) in [7, 11) is 0. The number of hydrogen-bond donors (Lipinski definition) is 1. The fourth-order valence-corrected chi connectivity index (χ4v) is 3.07. The van der Waals surface area contributed by atoms with Crippen LogP contribution in [0.25, 0.3) is 0 Å². The molecule has 0 saturated carbocycles. The van der Waals surface area contributed by atoms with Crippen LogP contribution < -0.4 is 5.32 Å². The Labute approximate surface area is 127 Å². The molecule has 1 aliphatic carbocycles. The van der Waals surface area contributed by atoms with Crippen molar-refractivity contribution in [1.82, 2.24) is 0 Å². The Hall–Kier alpha value is -1.61. The molecule has 2 aromatic rings. The summed E-state index contributed by atoms with van der Waals surface area (Å²) >= 11 is 3.44. The molecule has 1 N–H and O–H groups in total. The number of aryl methyl sites for hydroxylation is 1. The van der Waals surface area contributed by atoms with E-state index in [1.54, 1.807) is 0 Å². The average molecular weight is 330 g/mol. The molecule has 0 fully saturated rings. The van der Waals surface area contributed by atoms with E-state index < -0.39 is 0 Å². The minimum Gasteiger partial charge on any atom is -0.326 e. The summed E-state index contributed by atoms with van der Waals surface area (Å²) in [5, 5.41) is 3.06. The predicted octanol–water partition coefficient (Wildman–Crippen LogP) is 4.11. The van der Waals surface area contributed by atoms with Gasteiger partial charge in [-0.15, -0.1) is 0 Å². The Bertz CT molecular complexity index is 641. The summed E-state index contributed by atoms with van der Waals surface area (Å²) in [4.78, 5) is 12.4. The van der Waals surface area contributed by atoms with E-state index in [0.717, 1.165) is 28.6 Å². The van der Waals surface area contributed by atoms with Crippen LogP contribution in [0.2, 0.25) is 0 Å². The van der Waals surface area contributed by atoms with Gasteiger partial charge < -0.3 is 5.32 Å². The highest BCUT2D eigenvalue weighted by Crippen LogP contribution is 2.28. The minimum atomic E-state index is 0.0470. The number of benzene rings is 2. The van der Waals surface area contributed by atoms with Gasteiger partial charge in [0.05, 0.1) is 0 Å². The van der Waals surface area contributed by atoms with Crippen molar-refractivity contribution in [3.05, 3.63) is 63.6 Å². The van der Waals surface area contributed by atoms with E-state index in [-0.39, 0.29) is 11.8 Å². The molecule has 0 aromatic heterocycles. The van der Waals surface area contributed by atoms with Crippen LogP contribution in [0.15, 0.2) is 46.9 Å². The molecule has 0 bridgehead atoms. The molecule has 3 heteroatoms. The predicted molar refractivity (Wildman–Crippen MR) is 84.8 cm³/mol. The maximum atomic E-state index is 12.4. The molecule has 20 heavy (non-hydrogen) atoms. The summed E-state index contributed by atoms with van der Waals surface area (Å²) in [6.45, 7) is 2.01. The first-order chi connectivity index (χ1) is 9.63. The monoisotopic (exact) mass is 329 g/mol. The van der Waals surface area contributed by atoms with Crippen molar-refractivity contribution < 1.29 is 4.79 Å². The molecule has 0 spiro atoms. The van der Waals surface area contributed by atoms with Crippen LogP contribution in [0.1, 0.15) is 16.7 Å². The third kappa shape index (κ3) is 2.63. The zero-order valence-corrected chi connectivity index (χ0v) is 12.9. The van der Waals surface area contributed by atoms with E-state index in [1.807, 2.05) is 37.3 Å². The van der Waals surface area contributed by atoms with Gasteiger partial charge in [-0.25, -0.2) is 0 Å². The highest BCUT2D eigenvalue weighted by atomic mass is 79.9. The number of amides is 1. The minimum absolute atomic E-state index is 0.0470. The third-order valence-electron chi connectivity index (χ3n) is 3.88. The van der Waals surface area contributed by atoms with Crippen LogP contribution in [-0.2, 0) is 17.6 Å². The highest BCUT2D eigenvalue weighted by molar-refractivity contribution is 9.10. The molecule has 0 radical (unpaired) electrons. The number of halogens is 1. The summed E-state index contributed by atoms with van der Waals surface area (Å²) in [5.74, 6) is 0.160. The highest BCUT2D eigenvalue weighted by Gasteiger charge is 2.27. The fraction of sp³-hybridized carbons (Fsp3) is 0.235. The lowest BCUT2D eigenvalue weighted by atomic mass is 10.1. The molecular weight excluding hydrogens is 314 g/mol. The smallest absolute Gasteiger partial charge is 0.228 e. The molecule has 0 atom stereocenters. The third-order valence-corrected chi connectivity index (χ3v) is 4.37. The summed E-state index contributed by atoms with van der Waals surface area (Å²) in [6.07, 6.45) is 1.68. The van der Waals surface area contributed by atoms with Gasteiger partial charge in [-0.2, -0.15) is 0 Å². The van der Waals surface area contributed by atoms with Crippen LogP contribution in [0.3, 0.4) is 0 Å². The number of rotatable bonds is 2. The van der Waals surface area contributed by atoms with Crippen molar-refractivity contribution in [3.63, 3.8) is 0 Å². The average Bonchev–Trinajstić information content (AvgIpc) is 2.87. The van der Waals surface area contributed by atoms with Gasteiger partial charge in [0, 0.05) is 16.1 Å². The molecule has 0 saturated heterocycles. The van der Waals surface area contributed by atoms with E-state index in [2.05, 4.69) is 33.4 Å². The second-order valence-electron chi connectivity index (χ2n) is 5.32. The second kappa shape index (κ2) is 5.41. The van der Waals surface area contributed by atoms with Gasteiger partial charge in [0.2, 0.25) is 5.91 Å². The maximum absolute atomic E-state index is 12.4. The molecule has 0 unspecified atom stereocenters. The summed E-state index contributed by atoms with van der Waals surface area (Å²) in [5.41, 5.74) is 4.58. The van der Waals surface area contributed by atoms with Crippen LogP contribution in [0, 0.1) is 12.8 Å². The molecule has 1 aliphatic rings. The largest absolute Gasteiger partial charge is 0.326 e. The molecule has 2 nitrogen and oxygen atoms in total. The molecule has 1 amide bonds. The Balaban J connectivity index is 1.74. The van der Waals surface area contributed by atoms with Crippen molar-refractivity contribution in [2.75, 3.05) is 5.32 Å².